The number of fused-ring (bicyclic) bond motifs is 1. The van der Waals surface area contributed by atoms with Crippen molar-refractivity contribution in [3.63, 3.8) is 0 Å². The van der Waals surface area contributed by atoms with Crippen LogP contribution in [0.3, 0.4) is 0 Å². The Kier molecular flexibility index (Phi) is 6.26. The molecule has 5 rings (SSSR count). The van der Waals surface area contributed by atoms with Gasteiger partial charge in [0.05, 0.1) is 17.7 Å². The molecule has 1 saturated carbocycles. The summed E-state index contributed by atoms with van der Waals surface area (Å²) in [7, 11) is 0. The molecule has 31 heavy (non-hydrogen) atoms. The number of rotatable bonds is 2. The Morgan fingerprint density at radius 1 is 1.26 bits per heavy atom. The number of alkyl halides is 3. The van der Waals surface area contributed by atoms with Crippen molar-refractivity contribution in [2.75, 3.05) is 32.8 Å². The zero-order valence-electron chi connectivity index (χ0n) is 17.1. The van der Waals surface area contributed by atoms with E-state index < -0.39 is 17.6 Å². The van der Waals surface area contributed by atoms with Gasteiger partial charge >= 0.3 is 6.18 Å². The summed E-state index contributed by atoms with van der Waals surface area (Å²) >= 11 is 0. The van der Waals surface area contributed by atoms with Crippen LogP contribution in [0.25, 0.3) is 0 Å². The van der Waals surface area contributed by atoms with Gasteiger partial charge in [0, 0.05) is 26.2 Å². The molecule has 0 radical (unpaired) electrons. The largest absolute Gasteiger partial charge is 0.416 e. The van der Waals surface area contributed by atoms with Crippen molar-refractivity contribution in [2.45, 2.75) is 44.0 Å². The highest BCUT2D eigenvalue weighted by atomic mass is 19.4. The molecule has 2 atom stereocenters. The fourth-order valence-electron chi connectivity index (χ4n) is 4.96. The molecule has 0 unspecified atom stereocenters. The summed E-state index contributed by atoms with van der Waals surface area (Å²) in [6.45, 7) is 3.30. The molecule has 172 valence electrons. The molecule has 0 bridgehead atoms. The lowest BCUT2D eigenvalue weighted by Gasteiger charge is -2.54. The van der Waals surface area contributed by atoms with Crippen LogP contribution in [0.1, 0.15) is 30.4 Å². The number of nitrogens with one attached hydrogen (secondary N) is 2. The summed E-state index contributed by atoms with van der Waals surface area (Å²) in [4.78, 5) is 10.9. The van der Waals surface area contributed by atoms with E-state index in [0.717, 1.165) is 38.4 Å². The summed E-state index contributed by atoms with van der Waals surface area (Å²) in [5.74, 6) is -0.414. The van der Waals surface area contributed by atoms with Crippen molar-refractivity contribution < 1.29 is 32.3 Å². The molecule has 1 aromatic rings. The van der Waals surface area contributed by atoms with Gasteiger partial charge in [-0.1, -0.05) is 6.07 Å². The maximum absolute atomic E-state index is 13.7. The van der Waals surface area contributed by atoms with Gasteiger partial charge in [-0.25, -0.2) is 4.39 Å². The van der Waals surface area contributed by atoms with Gasteiger partial charge in [0.1, 0.15) is 12.4 Å². The number of morpholine rings is 1. The predicted octanol–water partition coefficient (Wildman–Crippen LogP) is 2.35. The van der Waals surface area contributed by atoms with E-state index in [1.54, 1.807) is 0 Å². The van der Waals surface area contributed by atoms with Crippen LogP contribution in [0.15, 0.2) is 18.2 Å². The fraction of sp³-hybridized carbons (Fsp3) is 0.667. The number of hydrogen-bond donors (Lipinski definition) is 3. The SMILES string of the molecule is Fc1cc(C(F)(F)F)ccc1CC1CC2(CNC2)C1.O=C1CO[C@H]2CCN(O)C[C@H]2N1. The van der Waals surface area contributed by atoms with Gasteiger partial charge in [0.2, 0.25) is 5.91 Å². The third-order valence-electron chi connectivity index (χ3n) is 6.64. The van der Waals surface area contributed by atoms with Gasteiger partial charge < -0.3 is 20.6 Å². The summed E-state index contributed by atoms with van der Waals surface area (Å²) in [5.41, 5.74) is -0.102. The monoisotopic (exact) mass is 445 g/mol. The number of benzene rings is 1. The summed E-state index contributed by atoms with van der Waals surface area (Å²) in [6.07, 6.45) is -0.947. The first-order valence-corrected chi connectivity index (χ1v) is 10.5. The molecule has 3 N–H and O–H groups in total. The van der Waals surface area contributed by atoms with Gasteiger partial charge in [-0.15, -0.1) is 0 Å². The van der Waals surface area contributed by atoms with Gasteiger partial charge in [-0.2, -0.15) is 18.2 Å². The third-order valence-corrected chi connectivity index (χ3v) is 6.64. The number of hydrogen-bond acceptors (Lipinski definition) is 5. The van der Waals surface area contributed by atoms with E-state index in [0.29, 0.717) is 42.5 Å². The number of ether oxygens (including phenoxy) is 1. The Bertz CT molecular complexity index is 808. The minimum Gasteiger partial charge on any atom is -0.366 e. The number of amides is 1. The standard InChI is InChI=1S/C14H15F4N.C7H12N2O3/c15-12-4-11(14(16,17)18)2-1-10(12)3-9-5-13(6-9)7-19-8-13;10-7-4-12-6-1-2-9(11)3-5(6)8-7/h1-2,4,9,19H,3,5-8H2;5-6,11H,1-4H2,(H,8,10)/t;5-,6+/m.1/s1. The highest BCUT2D eigenvalue weighted by Crippen LogP contribution is 2.49. The van der Waals surface area contributed by atoms with Gasteiger partial charge in [-0.05, 0) is 54.7 Å². The van der Waals surface area contributed by atoms with Gasteiger partial charge in [0.15, 0.2) is 0 Å². The second-order valence-electron chi connectivity index (χ2n) is 9.11. The smallest absolute Gasteiger partial charge is 0.366 e. The van der Waals surface area contributed by atoms with Crippen molar-refractivity contribution in [1.29, 1.82) is 0 Å². The van der Waals surface area contributed by atoms with Gasteiger partial charge in [-0.3, -0.25) is 4.79 Å². The van der Waals surface area contributed by atoms with Crippen LogP contribution in [-0.4, -0.2) is 61.1 Å². The van der Waals surface area contributed by atoms with Crippen molar-refractivity contribution in [2.24, 2.45) is 11.3 Å². The molecule has 1 amide bonds. The molecule has 0 aromatic heterocycles. The van der Waals surface area contributed by atoms with E-state index in [-0.39, 0.29) is 24.7 Å². The van der Waals surface area contributed by atoms with Crippen LogP contribution in [0.4, 0.5) is 17.6 Å². The average Bonchev–Trinajstić information content (AvgIpc) is 2.63. The molecule has 1 aliphatic carbocycles. The van der Waals surface area contributed by atoms with E-state index in [9.17, 15) is 22.4 Å². The Morgan fingerprint density at radius 3 is 2.61 bits per heavy atom. The van der Waals surface area contributed by atoms with Gasteiger partial charge in [0.25, 0.3) is 0 Å². The Balaban J connectivity index is 0.000000166. The summed E-state index contributed by atoms with van der Waals surface area (Å²) < 4.78 is 56.2. The first-order chi connectivity index (χ1) is 14.6. The van der Waals surface area contributed by atoms with Crippen molar-refractivity contribution in [3.05, 3.63) is 35.1 Å². The molecule has 3 heterocycles. The number of halogens is 4. The fourth-order valence-corrected chi connectivity index (χ4v) is 4.96. The molecule has 3 aliphatic heterocycles. The van der Waals surface area contributed by atoms with Crippen LogP contribution in [0.5, 0.6) is 0 Å². The molecular weight excluding hydrogens is 418 g/mol. The predicted molar refractivity (Wildman–Crippen MR) is 103 cm³/mol. The second-order valence-corrected chi connectivity index (χ2v) is 9.11. The van der Waals surface area contributed by atoms with Crippen molar-refractivity contribution in [3.8, 4) is 0 Å². The lowest BCUT2D eigenvalue weighted by Crippen LogP contribution is -2.60. The van der Waals surface area contributed by atoms with Crippen LogP contribution in [-0.2, 0) is 22.1 Å². The molecule has 10 heteroatoms. The topological polar surface area (TPSA) is 73.8 Å². The average molecular weight is 445 g/mol. The number of carbonyl (C=O) groups excluding carboxylic acids is 1. The minimum absolute atomic E-state index is 0.0370. The molecule has 4 aliphatic rings. The van der Waals surface area contributed by atoms with Crippen LogP contribution in [0, 0.1) is 17.2 Å². The minimum atomic E-state index is -4.47. The van der Waals surface area contributed by atoms with Crippen molar-refractivity contribution in [1.82, 2.24) is 15.7 Å². The molecule has 6 nitrogen and oxygen atoms in total. The number of hydroxylamine groups is 2. The molecule has 1 aromatic carbocycles. The van der Waals surface area contributed by atoms with E-state index in [4.69, 9.17) is 9.94 Å². The Morgan fingerprint density at radius 2 is 2.00 bits per heavy atom. The Hall–Kier alpha value is -1.75. The maximum atomic E-state index is 13.7. The van der Waals surface area contributed by atoms with Crippen LogP contribution >= 0.6 is 0 Å². The highest BCUT2D eigenvalue weighted by Gasteiger charge is 2.48. The first-order valence-electron chi connectivity index (χ1n) is 10.5. The molecule has 4 fully saturated rings. The van der Waals surface area contributed by atoms with E-state index in [1.165, 1.54) is 11.1 Å². The summed E-state index contributed by atoms with van der Waals surface area (Å²) in [6, 6.07) is 2.82. The van der Waals surface area contributed by atoms with E-state index in [1.807, 2.05) is 0 Å². The van der Waals surface area contributed by atoms with Crippen LogP contribution < -0.4 is 10.6 Å². The zero-order chi connectivity index (χ0) is 22.2. The lowest BCUT2D eigenvalue weighted by atomic mass is 9.57. The maximum Gasteiger partial charge on any atom is 0.416 e. The third kappa shape index (κ3) is 5.19. The Labute approximate surface area is 177 Å². The molecule has 1 spiro atoms. The van der Waals surface area contributed by atoms with E-state index >= 15 is 0 Å². The zero-order valence-corrected chi connectivity index (χ0v) is 17.1. The highest BCUT2D eigenvalue weighted by molar-refractivity contribution is 5.78. The quantitative estimate of drug-likeness (QED) is 0.610. The summed E-state index contributed by atoms with van der Waals surface area (Å²) in [5, 5.41) is 16.4. The van der Waals surface area contributed by atoms with Crippen molar-refractivity contribution >= 4 is 5.91 Å². The number of piperidine rings is 1. The normalized spacial score (nSPS) is 28.0. The first kappa shape index (κ1) is 22.4. The van der Waals surface area contributed by atoms with Crippen LogP contribution in [0.2, 0.25) is 0 Å². The number of carbonyl (C=O) groups is 1. The van der Waals surface area contributed by atoms with E-state index in [2.05, 4.69) is 10.6 Å². The second kappa shape index (κ2) is 8.65. The lowest BCUT2D eigenvalue weighted by molar-refractivity contribution is -0.164. The molecular formula is C21H27F4N3O3. The molecule has 3 saturated heterocycles. The number of nitrogens with zero attached hydrogens (tertiary/aromatic N) is 1.